The Morgan fingerprint density at radius 2 is 2.17 bits per heavy atom. The lowest BCUT2D eigenvalue weighted by Gasteiger charge is -2.22. The molecule has 0 radical (unpaired) electrons. The van der Waals surface area contributed by atoms with Crippen LogP contribution in [0.5, 0.6) is 0 Å². The summed E-state index contributed by atoms with van der Waals surface area (Å²) in [5.74, 6) is 2.08. The van der Waals surface area contributed by atoms with Gasteiger partial charge < -0.3 is 9.55 Å². The highest BCUT2D eigenvalue weighted by Gasteiger charge is 2.11. The molecule has 0 aliphatic carbocycles. The molecule has 1 N–H and O–H groups in total. The summed E-state index contributed by atoms with van der Waals surface area (Å²) in [4.78, 5) is 14.1. The van der Waals surface area contributed by atoms with Gasteiger partial charge in [-0.05, 0) is 27.8 Å². The van der Waals surface area contributed by atoms with E-state index in [1.807, 2.05) is 32.4 Å². The lowest BCUT2D eigenvalue weighted by molar-refractivity contribution is 0.271. The van der Waals surface area contributed by atoms with Gasteiger partial charge in [-0.15, -0.1) is 0 Å². The Hall–Kier alpha value is -1.62. The quantitative estimate of drug-likeness (QED) is 0.878. The first-order valence-electron chi connectivity index (χ1n) is 6.24. The molecule has 2 aromatic rings. The number of hydrogen-bond donors (Lipinski definition) is 1. The van der Waals surface area contributed by atoms with E-state index in [1.54, 1.807) is 0 Å². The Labute approximate surface area is 108 Å². The van der Waals surface area contributed by atoms with Gasteiger partial charge in [-0.1, -0.05) is 0 Å². The third-order valence-electron chi connectivity index (χ3n) is 3.09. The summed E-state index contributed by atoms with van der Waals surface area (Å²) in [6.07, 6.45) is 5.75. The summed E-state index contributed by atoms with van der Waals surface area (Å²) < 4.78 is 2.20. The van der Waals surface area contributed by atoms with E-state index in [-0.39, 0.29) is 0 Å². The minimum Gasteiger partial charge on any atom is -0.345 e. The van der Waals surface area contributed by atoms with E-state index in [4.69, 9.17) is 0 Å². The first-order chi connectivity index (χ1) is 8.56. The molecule has 2 aromatic heterocycles. The molecule has 0 saturated carbocycles. The van der Waals surface area contributed by atoms with E-state index in [1.165, 1.54) is 0 Å². The predicted octanol–water partition coefficient (Wildman–Crippen LogP) is 1.92. The van der Waals surface area contributed by atoms with Crippen LogP contribution in [0.1, 0.15) is 30.3 Å². The second-order valence-corrected chi connectivity index (χ2v) is 4.94. The first-order valence-corrected chi connectivity index (χ1v) is 6.24. The van der Waals surface area contributed by atoms with E-state index in [0.29, 0.717) is 6.04 Å². The van der Waals surface area contributed by atoms with Crippen LogP contribution < -0.4 is 0 Å². The molecule has 0 fully saturated rings. The van der Waals surface area contributed by atoms with Gasteiger partial charge in [-0.3, -0.25) is 4.90 Å². The van der Waals surface area contributed by atoms with Crippen molar-refractivity contribution in [3.63, 3.8) is 0 Å². The largest absolute Gasteiger partial charge is 0.345 e. The molecule has 0 aromatic carbocycles. The molecule has 0 aliphatic rings. The Morgan fingerprint density at radius 3 is 2.72 bits per heavy atom. The number of aromatic nitrogens is 4. The van der Waals surface area contributed by atoms with Gasteiger partial charge in [-0.2, -0.15) is 0 Å². The zero-order chi connectivity index (χ0) is 13.1. The zero-order valence-corrected chi connectivity index (χ0v) is 11.5. The van der Waals surface area contributed by atoms with Crippen molar-refractivity contribution in [2.45, 2.75) is 33.4 Å². The van der Waals surface area contributed by atoms with Gasteiger partial charge in [0.25, 0.3) is 0 Å². The second-order valence-electron chi connectivity index (χ2n) is 4.94. The van der Waals surface area contributed by atoms with Crippen LogP contribution in [0.4, 0.5) is 0 Å². The highest BCUT2D eigenvalue weighted by molar-refractivity contribution is 4.98. The van der Waals surface area contributed by atoms with Crippen LogP contribution in [0, 0.1) is 13.8 Å². The molecule has 0 aliphatic heterocycles. The fourth-order valence-electron chi connectivity index (χ4n) is 2.26. The van der Waals surface area contributed by atoms with Gasteiger partial charge >= 0.3 is 0 Å². The Balaban J connectivity index is 1.91. The maximum absolute atomic E-state index is 4.33. The smallest absolute Gasteiger partial charge is 0.120 e. The van der Waals surface area contributed by atoms with E-state index < -0.39 is 0 Å². The lowest BCUT2D eigenvalue weighted by atomic mass is 10.3. The van der Waals surface area contributed by atoms with Crippen molar-refractivity contribution >= 4 is 0 Å². The van der Waals surface area contributed by atoms with Crippen molar-refractivity contribution in [1.29, 1.82) is 0 Å². The Kier molecular flexibility index (Phi) is 3.81. The van der Waals surface area contributed by atoms with E-state index >= 15 is 0 Å². The van der Waals surface area contributed by atoms with Crippen LogP contribution in [-0.4, -0.2) is 38.0 Å². The monoisotopic (exact) mass is 247 g/mol. The molecule has 0 amide bonds. The number of H-pyrrole nitrogens is 1. The van der Waals surface area contributed by atoms with E-state index in [0.717, 1.165) is 30.4 Å². The van der Waals surface area contributed by atoms with Gasteiger partial charge in [0.15, 0.2) is 0 Å². The topological polar surface area (TPSA) is 49.7 Å². The molecule has 2 rings (SSSR count). The van der Waals surface area contributed by atoms with Gasteiger partial charge in [0.1, 0.15) is 11.6 Å². The average molecular weight is 247 g/mol. The van der Waals surface area contributed by atoms with Crippen LogP contribution in [-0.2, 0) is 6.54 Å². The van der Waals surface area contributed by atoms with Crippen LogP contribution in [0.25, 0.3) is 0 Å². The normalized spacial score (nSPS) is 13.2. The number of nitrogens with zero attached hydrogens (tertiary/aromatic N) is 4. The van der Waals surface area contributed by atoms with E-state index in [2.05, 4.69) is 38.4 Å². The number of likely N-dealkylation sites (N-methyl/N-ethyl adjacent to an activating group) is 1. The number of hydrogen-bond acceptors (Lipinski definition) is 3. The molecule has 0 bridgehead atoms. The number of nitrogens with one attached hydrogen (secondary N) is 1. The third kappa shape index (κ3) is 2.98. The summed E-state index contributed by atoms with van der Waals surface area (Å²) in [6.45, 7) is 8.07. The molecule has 5 nitrogen and oxygen atoms in total. The summed E-state index contributed by atoms with van der Waals surface area (Å²) >= 11 is 0. The van der Waals surface area contributed by atoms with Crippen molar-refractivity contribution in [2.24, 2.45) is 0 Å². The molecule has 0 spiro atoms. The molecular weight excluding hydrogens is 226 g/mol. The molecular formula is C13H21N5. The third-order valence-corrected chi connectivity index (χ3v) is 3.09. The summed E-state index contributed by atoms with van der Waals surface area (Å²) in [5.41, 5.74) is 1.11. The molecule has 1 atom stereocenters. The number of aromatic amines is 1. The second kappa shape index (κ2) is 5.35. The number of imidazole rings is 2. The molecule has 18 heavy (non-hydrogen) atoms. The molecule has 0 unspecified atom stereocenters. The van der Waals surface area contributed by atoms with Crippen LogP contribution in [0.15, 0.2) is 18.6 Å². The van der Waals surface area contributed by atoms with Crippen molar-refractivity contribution in [3.05, 3.63) is 35.9 Å². The minimum atomic E-state index is 0.411. The Morgan fingerprint density at radius 1 is 1.39 bits per heavy atom. The summed E-state index contributed by atoms with van der Waals surface area (Å²) in [6, 6.07) is 0.411. The highest BCUT2D eigenvalue weighted by Crippen LogP contribution is 2.11. The minimum absolute atomic E-state index is 0.411. The molecule has 5 heteroatoms. The number of rotatable bonds is 5. The summed E-state index contributed by atoms with van der Waals surface area (Å²) in [5, 5.41) is 0. The van der Waals surface area contributed by atoms with E-state index in [9.17, 15) is 0 Å². The number of aryl methyl sites for hydroxylation is 2. The van der Waals surface area contributed by atoms with Gasteiger partial charge in [0.2, 0.25) is 0 Å². The lowest BCUT2D eigenvalue weighted by Crippen LogP contribution is -2.26. The molecule has 0 saturated heterocycles. The van der Waals surface area contributed by atoms with Gasteiger partial charge in [0, 0.05) is 36.9 Å². The van der Waals surface area contributed by atoms with Crippen LogP contribution >= 0.6 is 0 Å². The SMILES string of the molecule is Cc1cnc(CN(C)C[C@@H](C)n2ccnc2C)[nH]1. The highest BCUT2D eigenvalue weighted by atomic mass is 15.2. The van der Waals surface area contributed by atoms with Crippen molar-refractivity contribution in [2.75, 3.05) is 13.6 Å². The first kappa shape index (κ1) is 12.8. The standard InChI is InChI=1S/C13H21N5/c1-10-7-15-13(16-10)9-17(4)8-11(2)18-6-5-14-12(18)3/h5-7,11H,8-9H2,1-4H3,(H,15,16)/t11-/m1/s1. The van der Waals surface area contributed by atoms with Crippen molar-refractivity contribution in [1.82, 2.24) is 24.4 Å². The maximum atomic E-state index is 4.33. The predicted molar refractivity (Wildman–Crippen MR) is 71.3 cm³/mol. The van der Waals surface area contributed by atoms with Crippen molar-refractivity contribution in [3.8, 4) is 0 Å². The molecule has 2 heterocycles. The average Bonchev–Trinajstić information content (AvgIpc) is 2.87. The Bertz CT molecular complexity index is 499. The fraction of sp³-hybridized carbons (Fsp3) is 0.538. The fourth-order valence-corrected chi connectivity index (χ4v) is 2.26. The van der Waals surface area contributed by atoms with Crippen LogP contribution in [0.3, 0.4) is 0 Å². The molecule has 98 valence electrons. The summed E-state index contributed by atoms with van der Waals surface area (Å²) in [7, 11) is 2.11. The van der Waals surface area contributed by atoms with Crippen LogP contribution in [0.2, 0.25) is 0 Å². The zero-order valence-electron chi connectivity index (χ0n) is 11.5. The van der Waals surface area contributed by atoms with Gasteiger partial charge in [0.05, 0.1) is 6.54 Å². The van der Waals surface area contributed by atoms with Gasteiger partial charge in [-0.25, -0.2) is 9.97 Å². The maximum Gasteiger partial charge on any atom is 0.120 e. The van der Waals surface area contributed by atoms with Crippen molar-refractivity contribution < 1.29 is 0 Å².